The van der Waals surface area contributed by atoms with Crippen molar-refractivity contribution in [3.8, 4) is 0 Å². The number of hydrogen-bond acceptors (Lipinski definition) is 2. The lowest BCUT2D eigenvalue weighted by molar-refractivity contribution is 0.673. The van der Waals surface area contributed by atoms with Gasteiger partial charge in [0, 0.05) is 11.1 Å². The summed E-state index contributed by atoms with van der Waals surface area (Å²) < 4.78 is 0. The molecule has 0 fully saturated rings. The zero-order valence-corrected chi connectivity index (χ0v) is 9.26. The van der Waals surface area contributed by atoms with Crippen LogP contribution in [0.2, 0.25) is 0 Å². The van der Waals surface area contributed by atoms with E-state index in [1.165, 1.54) is 0 Å². The van der Waals surface area contributed by atoms with Crippen molar-refractivity contribution in [2.45, 2.75) is 34.6 Å². The molecule has 1 aliphatic heterocycles. The molecule has 0 atom stereocenters. The molecule has 74 valence electrons. The molecule has 0 aromatic carbocycles. The third-order valence-electron chi connectivity index (χ3n) is 2.01. The Balaban J connectivity index is 0.000000671. The van der Waals surface area contributed by atoms with Crippen LogP contribution in [0.1, 0.15) is 34.6 Å². The zero-order valence-electron chi connectivity index (χ0n) is 9.26. The standard InChI is InChI=1S/C9H14N2.C2H6/c1-7-9(2,3)6-4-5-8(10)11-7;1-2/h4-6H,10H2,1-3H3;1-2H3. The van der Waals surface area contributed by atoms with E-state index in [-0.39, 0.29) is 5.41 Å². The molecule has 0 radical (unpaired) electrons. The van der Waals surface area contributed by atoms with Crippen LogP contribution in [-0.4, -0.2) is 5.71 Å². The normalized spacial score (nSPS) is 19.2. The van der Waals surface area contributed by atoms with Gasteiger partial charge in [0.2, 0.25) is 0 Å². The topological polar surface area (TPSA) is 38.4 Å². The van der Waals surface area contributed by atoms with Crippen molar-refractivity contribution < 1.29 is 0 Å². The first kappa shape index (κ1) is 11.9. The third-order valence-corrected chi connectivity index (χ3v) is 2.01. The van der Waals surface area contributed by atoms with Crippen molar-refractivity contribution in [2.24, 2.45) is 16.1 Å². The van der Waals surface area contributed by atoms with Crippen LogP contribution in [0.3, 0.4) is 0 Å². The maximum atomic E-state index is 5.57. The van der Waals surface area contributed by atoms with Crippen LogP contribution in [0, 0.1) is 5.41 Å². The molecule has 0 amide bonds. The van der Waals surface area contributed by atoms with Crippen molar-refractivity contribution in [3.63, 3.8) is 0 Å². The van der Waals surface area contributed by atoms with Crippen molar-refractivity contribution in [1.82, 2.24) is 0 Å². The molecule has 0 unspecified atom stereocenters. The summed E-state index contributed by atoms with van der Waals surface area (Å²) in [5, 5.41) is 0. The molecule has 1 rings (SSSR count). The van der Waals surface area contributed by atoms with Gasteiger partial charge < -0.3 is 5.73 Å². The van der Waals surface area contributed by atoms with Crippen molar-refractivity contribution in [2.75, 3.05) is 0 Å². The van der Waals surface area contributed by atoms with E-state index in [2.05, 4.69) is 24.9 Å². The third kappa shape index (κ3) is 3.45. The Morgan fingerprint density at radius 1 is 1.31 bits per heavy atom. The van der Waals surface area contributed by atoms with Gasteiger partial charge in [0.25, 0.3) is 0 Å². The first-order valence-corrected chi connectivity index (χ1v) is 4.73. The smallest absolute Gasteiger partial charge is 0.123 e. The highest BCUT2D eigenvalue weighted by Gasteiger charge is 2.18. The van der Waals surface area contributed by atoms with E-state index in [4.69, 9.17) is 5.73 Å². The van der Waals surface area contributed by atoms with Gasteiger partial charge in [0.15, 0.2) is 0 Å². The van der Waals surface area contributed by atoms with Gasteiger partial charge in [0.05, 0.1) is 0 Å². The maximum Gasteiger partial charge on any atom is 0.123 e. The lowest BCUT2D eigenvalue weighted by atomic mass is 9.88. The van der Waals surface area contributed by atoms with Crippen LogP contribution >= 0.6 is 0 Å². The van der Waals surface area contributed by atoms with Crippen LogP contribution in [-0.2, 0) is 0 Å². The van der Waals surface area contributed by atoms with Gasteiger partial charge in [-0.15, -0.1) is 0 Å². The highest BCUT2D eigenvalue weighted by Crippen LogP contribution is 2.22. The van der Waals surface area contributed by atoms with Crippen molar-refractivity contribution in [1.29, 1.82) is 0 Å². The maximum absolute atomic E-state index is 5.57. The monoisotopic (exact) mass is 180 g/mol. The summed E-state index contributed by atoms with van der Waals surface area (Å²) in [6.07, 6.45) is 5.87. The van der Waals surface area contributed by atoms with Crippen LogP contribution < -0.4 is 5.73 Å². The quantitative estimate of drug-likeness (QED) is 0.611. The number of nitrogens with zero attached hydrogens (tertiary/aromatic N) is 1. The lowest BCUT2D eigenvalue weighted by Crippen LogP contribution is -2.18. The number of aliphatic imine (C=N–C) groups is 1. The summed E-state index contributed by atoms with van der Waals surface area (Å²) >= 11 is 0. The Morgan fingerprint density at radius 3 is 2.38 bits per heavy atom. The summed E-state index contributed by atoms with van der Waals surface area (Å²) in [4.78, 5) is 4.22. The minimum absolute atomic E-state index is 0.0393. The SMILES string of the molecule is CC.CC1=NC(N)=CC=CC1(C)C. The number of nitrogens with two attached hydrogens (primary N) is 1. The fraction of sp³-hybridized carbons (Fsp3) is 0.545. The molecule has 2 N–H and O–H groups in total. The minimum Gasteiger partial charge on any atom is -0.384 e. The Morgan fingerprint density at radius 2 is 1.85 bits per heavy atom. The Bertz CT molecular complexity index is 245. The molecule has 0 saturated heterocycles. The largest absolute Gasteiger partial charge is 0.384 e. The predicted octanol–water partition coefficient (Wildman–Crippen LogP) is 2.87. The Hall–Kier alpha value is -1.05. The van der Waals surface area contributed by atoms with Crippen LogP contribution in [0.15, 0.2) is 29.0 Å². The molecular formula is C11H20N2. The van der Waals surface area contributed by atoms with E-state index < -0.39 is 0 Å². The van der Waals surface area contributed by atoms with E-state index in [1.807, 2.05) is 32.9 Å². The first-order valence-electron chi connectivity index (χ1n) is 4.73. The molecule has 2 nitrogen and oxygen atoms in total. The fourth-order valence-corrected chi connectivity index (χ4v) is 0.883. The molecule has 0 saturated carbocycles. The van der Waals surface area contributed by atoms with Crippen LogP contribution in [0.25, 0.3) is 0 Å². The molecule has 1 aliphatic rings. The molecule has 0 aliphatic carbocycles. The Labute approximate surface area is 81.2 Å². The molecule has 2 heteroatoms. The summed E-state index contributed by atoms with van der Waals surface area (Å²) in [6, 6.07) is 0. The number of allylic oxidation sites excluding steroid dienone is 3. The highest BCUT2D eigenvalue weighted by molar-refractivity contribution is 5.90. The number of rotatable bonds is 0. The van der Waals surface area contributed by atoms with Gasteiger partial charge in [-0.1, -0.05) is 39.8 Å². The van der Waals surface area contributed by atoms with E-state index in [1.54, 1.807) is 0 Å². The molecule has 0 bridgehead atoms. The molecule has 0 aromatic rings. The summed E-state index contributed by atoms with van der Waals surface area (Å²) in [6.45, 7) is 10.2. The van der Waals surface area contributed by atoms with Crippen LogP contribution in [0.5, 0.6) is 0 Å². The molecule has 13 heavy (non-hydrogen) atoms. The summed E-state index contributed by atoms with van der Waals surface area (Å²) in [5.74, 6) is 0.587. The Kier molecular flexibility index (Phi) is 4.46. The molecule has 0 aromatic heterocycles. The summed E-state index contributed by atoms with van der Waals surface area (Å²) in [7, 11) is 0. The first-order chi connectivity index (χ1) is 6.02. The van der Waals surface area contributed by atoms with Gasteiger partial charge in [-0.25, -0.2) is 4.99 Å². The minimum atomic E-state index is 0.0393. The van der Waals surface area contributed by atoms with Gasteiger partial charge >= 0.3 is 0 Å². The van der Waals surface area contributed by atoms with E-state index in [0.29, 0.717) is 5.82 Å². The predicted molar refractivity (Wildman–Crippen MR) is 59.6 cm³/mol. The van der Waals surface area contributed by atoms with Gasteiger partial charge in [-0.05, 0) is 13.0 Å². The lowest BCUT2D eigenvalue weighted by Gasteiger charge is -2.18. The molecular weight excluding hydrogens is 160 g/mol. The average Bonchev–Trinajstić information content (AvgIpc) is 2.16. The zero-order chi connectivity index (χ0) is 10.5. The molecule has 0 spiro atoms. The highest BCUT2D eigenvalue weighted by atomic mass is 14.9. The van der Waals surface area contributed by atoms with Gasteiger partial charge in [-0.2, -0.15) is 0 Å². The molecule has 1 heterocycles. The second-order valence-electron chi connectivity index (χ2n) is 3.37. The van der Waals surface area contributed by atoms with Gasteiger partial charge in [-0.3, -0.25) is 0 Å². The van der Waals surface area contributed by atoms with Crippen molar-refractivity contribution in [3.05, 3.63) is 24.0 Å². The van der Waals surface area contributed by atoms with E-state index in [9.17, 15) is 0 Å². The summed E-state index contributed by atoms with van der Waals surface area (Å²) in [5.41, 5.74) is 6.66. The fourth-order valence-electron chi connectivity index (χ4n) is 0.883. The number of hydrogen-bond donors (Lipinski definition) is 1. The second kappa shape index (κ2) is 4.85. The van der Waals surface area contributed by atoms with E-state index >= 15 is 0 Å². The average molecular weight is 180 g/mol. The second-order valence-corrected chi connectivity index (χ2v) is 3.37. The van der Waals surface area contributed by atoms with Gasteiger partial charge in [0.1, 0.15) is 5.82 Å². The van der Waals surface area contributed by atoms with Crippen molar-refractivity contribution >= 4 is 5.71 Å². The van der Waals surface area contributed by atoms with E-state index in [0.717, 1.165) is 5.71 Å². The van der Waals surface area contributed by atoms with Crippen LogP contribution in [0.4, 0.5) is 0 Å².